The molecule has 0 spiro atoms. The van der Waals surface area contributed by atoms with Gasteiger partial charge in [-0.2, -0.15) is 5.10 Å². The van der Waals surface area contributed by atoms with Gasteiger partial charge < -0.3 is 0 Å². The molecule has 0 bridgehead atoms. The molecule has 0 N–H and O–H groups in total. The summed E-state index contributed by atoms with van der Waals surface area (Å²) in [4.78, 5) is 4.66. The number of pyridine rings is 1. The normalized spacial score (nSPS) is 11.4. The van der Waals surface area contributed by atoms with Crippen molar-refractivity contribution in [3.05, 3.63) is 89.1 Å². The van der Waals surface area contributed by atoms with Crippen molar-refractivity contribution in [2.45, 2.75) is 13.8 Å². The molecule has 136 valence electrons. The first-order valence-electron chi connectivity index (χ1n) is 9.21. The van der Waals surface area contributed by atoms with E-state index in [0.717, 1.165) is 38.8 Å². The van der Waals surface area contributed by atoms with Gasteiger partial charge in [-0.3, -0.25) is 4.98 Å². The molecule has 2 aromatic heterocycles. The highest BCUT2D eigenvalue weighted by Gasteiger charge is 2.17. The van der Waals surface area contributed by atoms with Gasteiger partial charge in [0, 0.05) is 27.6 Å². The number of hydrogen-bond donors (Lipinski definition) is 0. The first kappa shape index (κ1) is 17.0. The number of nitrogens with zero attached hydrogens (tertiary/aromatic N) is 3. The molecule has 5 rings (SSSR count). The molecule has 0 fully saturated rings. The minimum absolute atomic E-state index is 0.690. The van der Waals surface area contributed by atoms with Crippen LogP contribution >= 0.6 is 11.6 Å². The number of aromatic nitrogens is 3. The molecule has 0 aliphatic heterocycles. The van der Waals surface area contributed by atoms with Gasteiger partial charge in [-0.25, -0.2) is 4.68 Å². The predicted molar refractivity (Wildman–Crippen MR) is 116 cm³/mol. The maximum atomic E-state index is 6.32. The van der Waals surface area contributed by atoms with Gasteiger partial charge in [0.05, 0.1) is 16.7 Å². The van der Waals surface area contributed by atoms with E-state index in [0.29, 0.717) is 5.02 Å². The third kappa shape index (κ3) is 2.76. The van der Waals surface area contributed by atoms with Crippen LogP contribution in [0.25, 0.3) is 38.8 Å². The zero-order valence-corrected chi connectivity index (χ0v) is 16.4. The Bertz CT molecular complexity index is 1320. The van der Waals surface area contributed by atoms with E-state index in [1.807, 2.05) is 29.1 Å². The third-order valence-electron chi connectivity index (χ3n) is 5.07. The lowest BCUT2D eigenvalue weighted by Crippen LogP contribution is -1.97. The van der Waals surface area contributed by atoms with Gasteiger partial charge in [-0.15, -0.1) is 0 Å². The summed E-state index contributed by atoms with van der Waals surface area (Å²) < 4.78 is 2.00. The average Bonchev–Trinajstić information content (AvgIpc) is 3.09. The van der Waals surface area contributed by atoms with Crippen molar-refractivity contribution < 1.29 is 0 Å². The lowest BCUT2D eigenvalue weighted by atomic mass is 10.1. The first-order chi connectivity index (χ1) is 13.6. The van der Waals surface area contributed by atoms with Crippen LogP contribution in [0.4, 0.5) is 0 Å². The molecule has 0 saturated carbocycles. The monoisotopic (exact) mass is 383 g/mol. The number of benzene rings is 3. The topological polar surface area (TPSA) is 30.7 Å². The Kier molecular flexibility index (Phi) is 3.92. The molecule has 5 aromatic rings. The predicted octanol–water partition coefficient (Wildman–Crippen LogP) is 6.51. The smallest absolute Gasteiger partial charge is 0.102 e. The van der Waals surface area contributed by atoms with Crippen molar-refractivity contribution >= 4 is 33.4 Å². The largest absolute Gasteiger partial charge is 0.255 e. The number of fused-ring (bicyclic) bond motifs is 3. The molecule has 2 heterocycles. The minimum Gasteiger partial charge on any atom is -0.255 e. The molecule has 4 heteroatoms. The van der Waals surface area contributed by atoms with Crippen LogP contribution in [0.5, 0.6) is 0 Å². The SMILES string of the molecule is Cc1ccc(-c2nn(-c3ccc(C)cc3)c3c2cnc2ccc(Cl)cc23)cc1. The van der Waals surface area contributed by atoms with E-state index >= 15 is 0 Å². The summed E-state index contributed by atoms with van der Waals surface area (Å²) in [6.45, 7) is 4.17. The van der Waals surface area contributed by atoms with Crippen molar-refractivity contribution in [3.63, 3.8) is 0 Å². The van der Waals surface area contributed by atoms with Crippen LogP contribution in [0, 0.1) is 13.8 Å². The maximum absolute atomic E-state index is 6.32. The standard InChI is InChI=1S/C24H18ClN3/c1-15-3-7-17(8-4-15)23-21-14-26-22-12-9-18(25)13-20(22)24(21)28(27-23)19-10-5-16(2)6-11-19/h3-14H,1-2H3. The summed E-state index contributed by atoms with van der Waals surface area (Å²) in [5, 5.41) is 7.70. The quantitative estimate of drug-likeness (QED) is 0.348. The highest BCUT2D eigenvalue weighted by molar-refractivity contribution is 6.31. The third-order valence-corrected chi connectivity index (χ3v) is 5.31. The molecule has 28 heavy (non-hydrogen) atoms. The summed E-state index contributed by atoms with van der Waals surface area (Å²) in [6, 6.07) is 22.6. The molecule has 0 amide bonds. The summed E-state index contributed by atoms with van der Waals surface area (Å²) >= 11 is 6.32. The van der Waals surface area contributed by atoms with Gasteiger partial charge in [-0.05, 0) is 44.2 Å². The fraction of sp³-hybridized carbons (Fsp3) is 0.0833. The van der Waals surface area contributed by atoms with Crippen LogP contribution in [-0.4, -0.2) is 14.8 Å². The number of hydrogen-bond acceptors (Lipinski definition) is 2. The Hall–Kier alpha value is -3.17. The molecule has 0 saturated heterocycles. The fourth-order valence-electron chi connectivity index (χ4n) is 3.55. The van der Waals surface area contributed by atoms with E-state index < -0.39 is 0 Å². The highest BCUT2D eigenvalue weighted by Crippen LogP contribution is 2.34. The van der Waals surface area contributed by atoms with E-state index in [1.165, 1.54) is 11.1 Å². The Morgan fingerprint density at radius 3 is 2.18 bits per heavy atom. The Labute approximate surface area is 168 Å². The van der Waals surface area contributed by atoms with Crippen molar-refractivity contribution in [1.29, 1.82) is 0 Å². The molecule has 0 atom stereocenters. The zero-order valence-electron chi connectivity index (χ0n) is 15.6. The molecule has 3 nitrogen and oxygen atoms in total. The van der Waals surface area contributed by atoms with Gasteiger partial charge in [-0.1, -0.05) is 59.1 Å². The van der Waals surface area contributed by atoms with Crippen LogP contribution in [0.3, 0.4) is 0 Å². The van der Waals surface area contributed by atoms with Crippen LogP contribution in [0.1, 0.15) is 11.1 Å². The van der Waals surface area contributed by atoms with Crippen LogP contribution in [-0.2, 0) is 0 Å². The summed E-state index contributed by atoms with van der Waals surface area (Å²) in [5.41, 5.74) is 7.37. The summed E-state index contributed by atoms with van der Waals surface area (Å²) in [7, 11) is 0. The highest BCUT2D eigenvalue weighted by atomic mass is 35.5. The van der Waals surface area contributed by atoms with E-state index in [2.05, 4.69) is 67.4 Å². The van der Waals surface area contributed by atoms with Crippen molar-refractivity contribution in [2.75, 3.05) is 0 Å². The lowest BCUT2D eigenvalue weighted by molar-refractivity contribution is 0.917. The molecule has 3 aromatic carbocycles. The summed E-state index contributed by atoms with van der Waals surface area (Å²) in [5.74, 6) is 0. The second-order valence-corrected chi connectivity index (χ2v) is 7.58. The van der Waals surface area contributed by atoms with E-state index in [-0.39, 0.29) is 0 Å². The molecule has 0 aliphatic rings. The van der Waals surface area contributed by atoms with Crippen molar-refractivity contribution in [2.24, 2.45) is 0 Å². The van der Waals surface area contributed by atoms with Gasteiger partial charge in [0.25, 0.3) is 0 Å². The van der Waals surface area contributed by atoms with Crippen molar-refractivity contribution in [3.8, 4) is 16.9 Å². The molecular formula is C24H18ClN3. The average molecular weight is 384 g/mol. The fourth-order valence-corrected chi connectivity index (χ4v) is 3.73. The van der Waals surface area contributed by atoms with Gasteiger partial charge in [0.15, 0.2) is 0 Å². The Morgan fingerprint density at radius 2 is 1.46 bits per heavy atom. The Morgan fingerprint density at radius 1 is 0.786 bits per heavy atom. The van der Waals surface area contributed by atoms with Gasteiger partial charge >= 0.3 is 0 Å². The van der Waals surface area contributed by atoms with Crippen LogP contribution in [0.2, 0.25) is 5.02 Å². The zero-order chi connectivity index (χ0) is 19.3. The minimum atomic E-state index is 0.690. The van der Waals surface area contributed by atoms with Gasteiger partial charge in [0.1, 0.15) is 5.69 Å². The van der Waals surface area contributed by atoms with Crippen LogP contribution < -0.4 is 0 Å². The Balaban J connectivity index is 1.90. The summed E-state index contributed by atoms with van der Waals surface area (Å²) in [6.07, 6.45) is 1.92. The van der Waals surface area contributed by atoms with E-state index in [1.54, 1.807) is 0 Å². The first-order valence-corrected chi connectivity index (χ1v) is 9.59. The molecular weight excluding hydrogens is 366 g/mol. The van der Waals surface area contributed by atoms with Crippen LogP contribution in [0.15, 0.2) is 72.9 Å². The second kappa shape index (κ2) is 6.47. The number of aryl methyl sites for hydroxylation is 2. The molecule has 0 aliphatic carbocycles. The lowest BCUT2D eigenvalue weighted by Gasteiger charge is -2.06. The van der Waals surface area contributed by atoms with E-state index in [4.69, 9.17) is 16.7 Å². The maximum Gasteiger partial charge on any atom is 0.102 e. The molecule has 0 radical (unpaired) electrons. The number of halogens is 1. The number of rotatable bonds is 2. The second-order valence-electron chi connectivity index (χ2n) is 7.14. The van der Waals surface area contributed by atoms with Crippen molar-refractivity contribution in [1.82, 2.24) is 14.8 Å². The van der Waals surface area contributed by atoms with Gasteiger partial charge in [0.2, 0.25) is 0 Å². The van der Waals surface area contributed by atoms with E-state index in [9.17, 15) is 0 Å². The molecule has 0 unspecified atom stereocenters.